The lowest BCUT2D eigenvalue weighted by atomic mass is 10.4. The number of amides is 2. The summed E-state index contributed by atoms with van der Waals surface area (Å²) in [5.41, 5.74) is 0. The Bertz CT molecular complexity index is 226. The average Bonchev–Trinajstić information content (AvgIpc) is 2.27. The molecule has 2 amide bonds. The lowest BCUT2D eigenvalue weighted by Gasteiger charge is -2.26. The van der Waals surface area contributed by atoms with Gasteiger partial charge >= 0.3 is 0 Å². The van der Waals surface area contributed by atoms with Crippen LogP contribution in [0.3, 0.4) is 0 Å². The molecule has 0 saturated carbocycles. The minimum absolute atomic E-state index is 0.0175. The van der Waals surface area contributed by atoms with Crippen molar-refractivity contribution in [1.29, 1.82) is 0 Å². The van der Waals surface area contributed by atoms with Crippen molar-refractivity contribution >= 4 is 11.8 Å². The average molecular weight is 216 g/mol. The van der Waals surface area contributed by atoms with Crippen LogP contribution in [0.5, 0.6) is 0 Å². The summed E-state index contributed by atoms with van der Waals surface area (Å²) in [6.45, 7) is 2.34. The molecule has 1 saturated heterocycles. The molecule has 1 rings (SSSR count). The van der Waals surface area contributed by atoms with Crippen LogP contribution in [0.1, 0.15) is 0 Å². The second-order valence-electron chi connectivity index (χ2n) is 3.20. The Morgan fingerprint density at radius 2 is 2.07 bits per heavy atom. The maximum Gasteiger partial charge on any atom is 0.246 e. The molecule has 1 heterocycles. The van der Waals surface area contributed by atoms with Gasteiger partial charge in [0.25, 0.3) is 0 Å². The maximum absolute atomic E-state index is 11.5. The maximum atomic E-state index is 11.5. The van der Waals surface area contributed by atoms with Gasteiger partial charge in [0.15, 0.2) is 0 Å². The fourth-order valence-electron chi connectivity index (χ4n) is 1.28. The molecule has 0 aromatic rings. The Balaban J connectivity index is 2.19. The van der Waals surface area contributed by atoms with Gasteiger partial charge < -0.3 is 19.7 Å². The van der Waals surface area contributed by atoms with Gasteiger partial charge in [0.2, 0.25) is 11.8 Å². The summed E-state index contributed by atoms with van der Waals surface area (Å²) in [7, 11) is 1.43. The van der Waals surface area contributed by atoms with E-state index in [1.54, 1.807) is 4.90 Å². The van der Waals surface area contributed by atoms with Crippen molar-refractivity contribution in [1.82, 2.24) is 10.2 Å². The predicted molar refractivity (Wildman–Crippen MR) is 52.3 cm³/mol. The predicted octanol–water partition coefficient (Wildman–Crippen LogP) is -1.39. The van der Waals surface area contributed by atoms with E-state index in [-0.39, 0.29) is 25.0 Å². The minimum atomic E-state index is -0.279. The third kappa shape index (κ3) is 4.26. The molecule has 0 aromatic carbocycles. The molecule has 1 N–H and O–H groups in total. The summed E-state index contributed by atoms with van der Waals surface area (Å²) in [5.74, 6) is -0.359. The van der Waals surface area contributed by atoms with E-state index in [2.05, 4.69) is 10.1 Å². The first kappa shape index (κ1) is 11.9. The Kier molecular flexibility index (Phi) is 5.06. The Hall–Kier alpha value is -1.14. The molecule has 1 fully saturated rings. The highest BCUT2D eigenvalue weighted by molar-refractivity contribution is 5.85. The first-order chi connectivity index (χ1) is 7.24. The third-order valence-electron chi connectivity index (χ3n) is 2.08. The monoisotopic (exact) mass is 216 g/mol. The van der Waals surface area contributed by atoms with Crippen molar-refractivity contribution in [3.05, 3.63) is 0 Å². The van der Waals surface area contributed by atoms with Crippen LogP contribution in [0.2, 0.25) is 0 Å². The van der Waals surface area contributed by atoms with Crippen LogP contribution in [0.15, 0.2) is 0 Å². The number of ether oxygens (including phenoxy) is 2. The number of carbonyl (C=O) groups excluding carboxylic acids is 2. The molecule has 0 bridgehead atoms. The normalized spacial score (nSPS) is 16.2. The summed E-state index contributed by atoms with van der Waals surface area (Å²) in [5, 5.41) is 2.48. The number of rotatable bonds is 4. The molecule has 0 unspecified atom stereocenters. The molecule has 6 nitrogen and oxygen atoms in total. The second-order valence-corrected chi connectivity index (χ2v) is 3.20. The van der Waals surface area contributed by atoms with Gasteiger partial charge in [-0.25, -0.2) is 0 Å². The zero-order valence-corrected chi connectivity index (χ0v) is 8.82. The molecular weight excluding hydrogens is 200 g/mol. The smallest absolute Gasteiger partial charge is 0.246 e. The number of carbonyl (C=O) groups is 2. The summed E-state index contributed by atoms with van der Waals surface area (Å²) in [6.07, 6.45) is 0. The van der Waals surface area contributed by atoms with Crippen LogP contribution in [0, 0.1) is 0 Å². The van der Waals surface area contributed by atoms with E-state index in [0.29, 0.717) is 26.3 Å². The van der Waals surface area contributed by atoms with Crippen LogP contribution in [0.25, 0.3) is 0 Å². The molecule has 0 radical (unpaired) electrons. The summed E-state index contributed by atoms with van der Waals surface area (Å²) in [6, 6.07) is 0. The molecule has 0 aliphatic carbocycles. The summed E-state index contributed by atoms with van der Waals surface area (Å²) >= 11 is 0. The summed E-state index contributed by atoms with van der Waals surface area (Å²) in [4.78, 5) is 24.2. The van der Waals surface area contributed by atoms with Crippen molar-refractivity contribution in [2.45, 2.75) is 0 Å². The van der Waals surface area contributed by atoms with E-state index < -0.39 is 0 Å². The molecule has 1 aliphatic rings. The van der Waals surface area contributed by atoms with Gasteiger partial charge in [-0.05, 0) is 0 Å². The van der Waals surface area contributed by atoms with Gasteiger partial charge in [0, 0.05) is 20.2 Å². The van der Waals surface area contributed by atoms with Gasteiger partial charge in [0.05, 0.1) is 19.8 Å². The number of nitrogens with one attached hydrogen (secondary N) is 1. The van der Waals surface area contributed by atoms with E-state index in [0.717, 1.165) is 0 Å². The highest BCUT2D eigenvalue weighted by Crippen LogP contribution is 1.96. The molecular formula is C9H16N2O4. The summed E-state index contributed by atoms with van der Waals surface area (Å²) < 4.78 is 9.74. The first-order valence-electron chi connectivity index (χ1n) is 4.85. The lowest BCUT2D eigenvalue weighted by Crippen LogP contribution is -2.46. The third-order valence-corrected chi connectivity index (χ3v) is 2.08. The standard InChI is InChI=1S/C9H16N2O4/c1-14-7-8(12)10-6-9(13)11-2-4-15-5-3-11/h2-7H2,1H3,(H,10,12). The Morgan fingerprint density at radius 1 is 1.40 bits per heavy atom. The van der Waals surface area contributed by atoms with Crippen LogP contribution >= 0.6 is 0 Å². The molecule has 86 valence electrons. The zero-order chi connectivity index (χ0) is 11.1. The first-order valence-corrected chi connectivity index (χ1v) is 4.85. The van der Waals surface area contributed by atoms with Gasteiger partial charge in [-0.15, -0.1) is 0 Å². The molecule has 15 heavy (non-hydrogen) atoms. The highest BCUT2D eigenvalue weighted by atomic mass is 16.5. The van der Waals surface area contributed by atoms with Crippen molar-refractivity contribution in [2.75, 3.05) is 46.6 Å². The second kappa shape index (κ2) is 6.36. The lowest BCUT2D eigenvalue weighted by molar-refractivity contribution is -0.136. The quantitative estimate of drug-likeness (QED) is 0.628. The highest BCUT2D eigenvalue weighted by Gasteiger charge is 2.16. The number of hydrogen-bond donors (Lipinski definition) is 1. The fourth-order valence-corrected chi connectivity index (χ4v) is 1.28. The van der Waals surface area contributed by atoms with E-state index in [9.17, 15) is 9.59 Å². The molecule has 0 spiro atoms. The van der Waals surface area contributed by atoms with E-state index in [1.807, 2.05) is 0 Å². The molecule has 1 aliphatic heterocycles. The topological polar surface area (TPSA) is 67.9 Å². The van der Waals surface area contributed by atoms with Gasteiger partial charge in [0.1, 0.15) is 6.61 Å². The number of hydrogen-bond acceptors (Lipinski definition) is 4. The number of methoxy groups -OCH3 is 1. The van der Waals surface area contributed by atoms with Crippen LogP contribution < -0.4 is 5.32 Å². The zero-order valence-electron chi connectivity index (χ0n) is 8.82. The molecule has 6 heteroatoms. The van der Waals surface area contributed by atoms with Crippen molar-refractivity contribution in [3.8, 4) is 0 Å². The van der Waals surface area contributed by atoms with Crippen molar-refractivity contribution < 1.29 is 19.1 Å². The van der Waals surface area contributed by atoms with Gasteiger partial charge in [-0.3, -0.25) is 9.59 Å². The molecule has 0 atom stereocenters. The molecule has 0 aromatic heterocycles. The van der Waals surface area contributed by atoms with E-state index in [1.165, 1.54) is 7.11 Å². The largest absolute Gasteiger partial charge is 0.378 e. The van der Waals surface area contributed by atoms with Crippen molar-refractivity contribution in [3.63, 3.8) is 0 Å². The van der Waals surface area contributed by atoms with Crippen LogP contribution in [0.4, 0.5) is 0 Å². The van der Waals surface area contributed by atoms with Crippen LogP contribution in [-0.2, 0) is 19.1 Å². The van der Waals surface area contributed by atoms with Crippen LogP contribution in [-0.4, -0.2) is 63.3 Å². The fraction of sp³-hybridized carbons (Fsp3) is 0.778. The van der Waals surface area contributed by atoms with Gasteiger partial charge in [-0.2, -0.15) is 0 Å². The SMILES string of the molecule is COCC(=O)NCC(=O)N1CCOCC1. The van der Waals surface area contributed by atoms with E-state index >= 15 is 0 Å². The van der Waals surface area contributed by atoms with E-state index in [4.69, 9.17) is 4.74 Å². The number of nitrogens with zero attached hydrogens (tertiary/aromatic N) is 1. The number of morpholine rings is 1. The van der Waals surface area contributed by atoms with Crippen molar-refractivity contribution in [2.24, 2.45) is 0 Å². The minimum Gasteiger partial charge on any atom is -0.378 e. The van der Waals surface area contributed by atoms with Gasteiger partial charge in [-0.1, -0.05) is 0 Å². The Labute approximate surface area is 88.5 Å². The Morgan fingerprint density at radius 3 is 2.67 bits per heavy atom.